The molecule has 0 radical (unpaired) electrons. The van der Waals surface area contributed by atoms with Gasteiger partial charge in [0.25, 0.3) is 0 Å². The maximum Gasteiger partial charge on any atom is 0.234 e. The fraction of sp³-hybridized carbons (Fsp3) is 0.579. The molecule has 5 nitrogen and oxygen atoms in total. The summed E-state index contributed by atoms with van der Waals surface area (Å²) in [7, 11) is 0. The second kappa shape index (κ2) is 10.5. The van der Waals surface area contributed by atoms with Crippen LogP contribution in [0.4, 0.5) is 5.69 Å². The predicted molar refractivity (Wildman–Crippen MR) is 104 cm³/mol. The smallest absolute Gasteiger partial charge is 0.234 e. The number of hydrogen-bond acceptors (Lipinski definition) is 3. The summed E-state index contributed by atoms with van der Waals surface area (Å²) in [4.78, 5) is 25.6. The van der Waals surface area contributed by atoms with E-state index in [1.54, 1.807) is 4.90 Å². The average Bonchev–Trinajstić information content (AvgIpc) is 2.57. The van der Waals surface area contributed by atoms with Crippen LogP contribution in [0.15, 0.2) is 24.3 Å². The highest BCUT2D eigenvalue weighted by Gasteiger charge is 2.22. The SMILES string of the molecule is CCC[NH+]1CCC(NC(=O)CSCC(=O)Nc2cccc(C)c2)CC1. The van der Waals surface area contributed by atoms with Crippen LogP contribution in [-0.4, -0.2) is 49.0 Å². The van der Waals surface area contributed by atoms with Crippen LogP contribution in [0.1, 0.15) is 31.7 Å². The summed E-state index contributed by atoms with van der Waals surface area (Å²) < 4.78 is 0. The fourth-order valence-corrected chi connectivity index (χ4v) is 3.83. The lowest BCUT2D eigenvalue weighted by Gasteiger charge is -2.29. The number of rotatable bonds is 8. The summed E-state index contributed by atoms with van der Waals surface area (Å²) in [5.41, 5.74) is 1.91. The molecule has 0 atom stereocenters. The van der Waals surface area contributed by atoms with Crippen LogP contribution in [0, 0.1) is 6.92 Å². The second-order valence-electron chi connectivity index (χ2n) is 6.75. The van der Waals surface area contributed by atoms with Gasteiger partial charge in [0.05, 0.1) is 31.1 Å². The number of quaternary nitrogens is 1. The third-order valence-electron chi connectivity index (χ3n) is 4.43. The summed E-state index contributed by atoms with van der Waals surface area (Å²) >= 11 is 1.36. The lowest BCUT2D eigenvalue weighted by molar-refractivity contribution is -0.905. The van der Waals surface area contributed by atoms with Crippen LogP contribution >= 0.6 is 11.8 Å². The topological polar surface area (TPSA) is 62.6 Å². The van der Waals surface area contributed by atoms with Gasteiger partial charge in [-0.25, -0.2) is 0 Å². The van der Waals surface area contributed by atoms with Gasteiger partial charge < -0.3 is 15.5 Å². The zero-order valence-corrected chi connectivity index (χ0v) is 16.1. The Labute approximate surface area is 154 Å². The Kier molecular flexibility index (Phi) is 8.28. The first-order chi connectivity index (χ1) is 12.1. The maximum atomic E-state index is 12.0. The number of aryl methyl sites for hydroxylation is 1. The van der Waals surface area contributed by atoms with E-state index in [4.69, 9.17) is 0 Å². The van der Waals surface area contributed by atoms with Crippen molar-refractivity contribution in [3.05, 3.63) is 29.8 Å². The van der Waals surface area contributed by atoms with Gasteiger partial charge in [0.1, 0.15) is 0 Å². The number of nitrogens with one attached hydrogen (secondary N) is 3. The number of hydrogen-bond donors (Lipinski definition) is 3. The average molecular weight is 365 g/mol. The summed E-state index contributed by atoms with van der Waals surface area (Å²) in [6.07, 6.45) is 3.33. The third-order valence-corrected chi connectivity index (χ3v) is 5.36. The van der Waals surface area contributed by atoms with Gasteiger partial charge in [-0.1, -0.05) is 19.1 Å². The standard InChI is InChI=1S/C19H29N3O2S/c1-3-9-22-10-7-16(8-11-22)20-18(23)13-25-14-19(24)21-17-6-4-5-15(2)12-17/h4-6,12,16H,3,7-11,13-14H2,1-2H3,(H,20,23)(H,21,24)/p+1. The summed E-state index contributed by atoms with van der Waals surface area (Å²) in [6, 6.07) is 8.01. The van der Waals surface area contributed by atoms with Gasteiger partial charge in [0.15, 0.2) is 0 Å². The van der Waals surface area contributed by atoms with Crippen LogP contribution in [0.2, 0.25) is 0 Å². The molecule has 1 fully saturated rings. The molecule has 2 amide bonds. The van der Waals surface area contributed by atoms with Crippen molar-refractivity contribution < 1.29 is 14.5 Å². The molecule has 0 unspecified atom stereocenters. The van der Waals surface area contributed by atoms with Crippen LogP contribution in [0.5, 0.6) is 0 Å². The molecule has 3 N–H and O–H groups in total. The molecule has 25 heavy (non-hydrogen) atoms. The summed E-state index contributed by atoms with van der Waals surface area (Å²) in [5, 5.41) is 5.97. The number of likely N-dealkylation sites (tertiary alicyclic amines) is 1. The van der Waals surface area contributed by atoms with Crippen LogP contribution < -0.4 is 15.5 Å². The third kappa shape index (κ3) is 7.48. The van der Waals surface area contributed by atoms with Crippen LogP contribution in [0.3, 0.4) is 0 Å². The Morgan fingerprint density at radius 3 is 2.60 bits per heavy atom. The Bertz CT molecular complexity index is 572. The van der Waals surface area contributed by atoms with E-state index in [9.17, 15) is 9.59 Å². The number of thioether (sulfide) groups is 1. The molecule has 1 aromatic rings. The zero-order chi connectivity index (χ0) is 18.1. The lowest BCUT2D eigenvalue weighted by atomic mass is 10.1. The van der Waals surface area contributed by atoms with Crippen LogP contribution in [-0.2, 0) is 9.59 Å². The van der Waals surface area contributed by atoms with Gasteiger partial charge in [-0.3, -0.25) is 9.59 Å². The molecule has 0 saturated carbocycles. The Hall–Kier alpha value is -1.53. The zero-order valence-electron chi connectivity index (χ0n) is 15.3. The number of piperidine rings is 1. The summed E-state index contributed by atoms with van der Waals surface area (Å²) in [6.45, 7) is 7.72. The molecule has 0 spiro atoms. The minimum absolute atomic E-state index is 0.0392. The van der Waals surface area contributed by atoms with Gasteiger partial charge in [0.2, 0.25) is 11.8 Å². The first-order valence-electron chi connectivity index (χ1n) is 9.14. The van der Waals surface area contributed by atoms with Gasteiger partial charge in [-0.15, -0.1) is 11.8 Å². The van der Waals surface area contributed by atoms with Crippen molar-refractivity contribution in [1.29, 1.82) is 0 Å². The molecular weight excluding hydrogens is 334 g/mol. The Morgan fingerprint density at radius 2 is 1.92 bits per heavy atom. The molecule has 0 aliphatic carbocycles. The molecule has 1 heterocycles. The van der Waals surface area contributed by atoms with Gasteiger partial charge >= 0.3 is 0 Å². The van der Waals surface area contributed by atoms with Crippen molar-refractivity contribution in [1.82, 2.24) is 5.32 Å². The van der Waals surface area contributed by atoms with Crippen molar-refractivity contribution in [3.63, 3.8) is 0 Å². The second-order valence-corrected chi connectivity index (χ2v) is 7.74. The quantitative estimate of drug-likeness (QED) is 0.650. The van der Waals surface area contributed by atoms with Crippen molar-refractivity contribution in [2.45, 2.75) is 39.2 Å². The van der Waals surface area contributed by atoms with Crippen molar-refractivity contribution >= 4 is 29.3 Å². The van der Waals surface area contributed by atoms with Crippen molar-refractivity contribution in [3.8, 4) is 0 Å². The van der Waals surface area contributed by atoms with E-state index in [2.05, 4.69) is 17.6 Å². The molecule has 2 rings (SSSR count). The fourth-order valence-electron chi connectivity index (χ4n) is 3.20. The molecule has 1 aromatic carbocycles. The van der Waals surface area contributed by atoms with E-state index in [1.807, 2.05) is 31.2 Å². The number of amides is 2. The maximum absolute atomic E-state index is 12.0. The van der Waals surface area contributed by atoms with Gasteiger partial charge in [-0.05, 0) is 31.0 Å². The molecule has 1 aliphatic heterocycles. The predicted octanol–water partition coefficient (Wildman–Crippen LogP) is 1.24. The minimum Gasteiger partial charge on any atom is -0.352 e. The van der Waals surface area contributed by atoms with E-state index in [0.717, 1.165) is 37.2 Å². The number of anilines is 1. The molecule has 0 aromatic heterocycles. The highest BCUT2D eigenvalue weighted by atomic mass is 32.2. The highest BCUT2D eigenvalue weighted by molar-refractivity contribution is 8.00. The number of benzene rings is 1. The van der Waals surface area contributed by atoms with E-state index in [-0.39, 0.29) is 11.8 Å². The molecule has 1 aliphatic rings. The van der Waals surface area contributed by atoms with E-state index < -0.39 is 0 Å². The molecule has 0 bridgehead atoms. The lowest BCUT2D eigenvalue weighted by Crippen LogP contribution is -3.13. The highest BCUT2D eigenvalue weighted by Crippen LogP contribution is 2.10. The van der Waals surface area contributed by atoms with E-state index >= 15 is 0 Å². The molecule has 6 heteroatoms. The number of carbonyl (C=O) groups excluding carboxylic acids is 2. The normalized spacial score (nSPS) is 20.1. The monoisotopic (exact) mass is 364 g/mol. The van der Waals surface area contributed by atoms with E-state index in [0.29, 0.717) is 17.5 Å². The molecular formula is C19H30N3O2S+. The van der Waals surface area contributed by atoms with Crippen molar-refractivity contribution in [2.75, 3.05) is 36.5 Å². The van der Waals surface area contributed by atoms with E-state index in [1.165, 1.54) is 24.7 Å². The van der Waals surface area contributed by atoms with Crippen LogP contribution in [0.25, 0.3) is 0 Å². The van der Waals surface area contributed by atoms with Gasteiger partial charge in [-0.2, -0.15) is 0 Å². The Balaban J connectivity index is 1.60. The summed E-state index contributed by atoms with van der Waals surface area (Å²) in [5.74, 6) is 0.598. The number of carbonyl (C=O) groups is 2. The Morgan fingerprint density at radius 1 is 1.20 bits per heavy atom. The minimum atomic E-state index is -0.0696. The molecule has 1 saturated heterocycles. The first kappa shape index (κ1) is 19.8. The first-order valence-corrected chi connectivity index (χ1v) is 10.3. The van der Waals surface area contributed by atoms with Crippen molar-refractivity contribution in [2.24, 2.45) is 0 Å². The largest absolute Gasteiger partial charge is 0.352 e. The van der Waals surface area contributed by atoms with Gasteiger partial charge in [0, 0.05) is 24.6 Å². The molecule has 138 valence electrons.